The van der Waals surface area contributed by atoms with Crippen molar-refractivity contribution in [2.45, 2.75) is 13.0 Å². The van der Waals surface area contributed by atoms with Gasteiger partial charge in [-0.3, -0.25) is 10.4 Å². The molecule has 0 saturated carbocycles. The van der Waals surface area contributed by atoms with Crippen LogP contribution < -0.4 is 11.2 Å². The Balaban J connectivity index is 1.88. The molecule has 1 aromatic carbocycles. The lowest BCUT2D eigenvalue weighted by Gasteiger charge is -2.18. The number of nitrogens with zero attached hydrogens (tertiary/aromatic N) is 3. The third kappa shape index (κ3) is 3.09. The molecular weight excluding hydrogens is 363 g/mol. The zero-order chi connectivity index (χ0) is 19.0. The number of nitrogens with one attached hydrogen (secondary N) is 2. The maximum Gasteiger partial charge on any atom is 0.144 e. The summed E-state index contributed by atoms with van der Waals surface area (Å²) in [5, 5.41) is 9.99. The van der Waals surface area contributed by atoms with E-state index in [2.05, 4.69) is 17.3 Å². The first-order valence-electron chi connectivity index (χ1n) is 8.32. The lowest BCUT2D eigenvalue weighted by Crippen LogP contribution is -2.32. The van der Waals surface area contributed by atoms with Crippen molar-refractivity contribution in [2.75, 3.05) is 0 Å². The Labute approximate surface area is 159 Å². The molecule has 0 amide bonds. The molecule has 0 spiro atoms. The molecular formula is C19H17FN6S. The maximum absolute atomic E-state index is 13.3. The Hall–Kier alpha value is -3.10. The predicted octanol–water partition coefficient (Wildman–Crippen LogP) is 3.26. The molecule has 4 rings (SSSR count). The molecule has 4 N–H and O–H groups in total. The number of rotatable bonds is 4. The smallest absolute Gasteiger partial charge is 0.144 e. The number of thiazole rings is 1. The monoisotopic (exact) mass is 380 g/mol. The van der Waals surface area contributed by atoms with Gasteiger partial charge < -0.3 is 5.73 Å². The van der Waals surface area contributed by atoms with Crippen LogP contribution >= 0.6 is 11.3 Å². The molecule has 8 heteroatoms. The number of nitrogens with two attached hydrogens (primary N) is 1. The van der Waals surface area contributed by atoms with Gasteiger partial charge in [-0.1, -0.05) is 6.08 Å². The van der Waals surface area contributed by atoms with Gasteiger partial charge in [0.1, 0.15) is 23.0 Å². The molecule has 1 atom stereocenters. The lowest BCUT2D eigenvalue weighted by atomic mass is 10.1. The number of hydrogen-bond donors (Lipinski definition) is 3. The van der Waals surface area contributed by atoms with Gasteiger partial charge in [0.2, 0.25) is 0 Å². The molecule has 0 bridgehead atoms. The van der Waals surface area contributed by atoms with E-state index in [4.69, 9.17) is 16.1 Å². The zero-order valence-electron chi connectivity index (χ0n) is 14.5. The van der Waals surface area contributed by atoms with Crippen molar-refractivity contribution in [1.82, 2.24) is 15.4 Å². The Bertz CT molecular complexity index is 1020. The highest BCUT2D eigenvalue weighted by molar-refractivity contribution is 7.15. The van der Waals surface area contributed by atoms with Gasteiger partial charge in [0.25, 0.3) is 0 Å². The van der Waals surface area contributed by atoms with Crippen molar-refractivity contribution in [3.63, 3.8) is 0 Å². The van der Waals surface area contributed by atoms with Crippen LogP contribution in [0.15, 0.2) is 59.4 Å². The first-order chi connectivity index (χ1) is 13.1. The fourth-order valence-electron chi connectivity index (χ4n) is 3.11. The molecule has 2 aromatic rings. The van der Waals surface area contributed by atoms with E-state index >= 15 is 0 Å². The number of allylic oxidation sites excluding steroid dienone is 3. The van der Waals surface area contributed by atoms with Crippen LogP contribution in [0, 0.1) is 11.2 Å². The van der Waals surface area contributed by atoms with E-state index in [9.17, 15) is 4.39 Å². The molecule has 0 aliphatic carbocycles. The first-order valence-corrected chi connectivity index (χ1v) is 9.14. The van der Waals surface area contributed by atoms with Gasteiger partial charge >= 0.3 is 0 Å². The largest absolute Gasteiger partial charge is 0.382 e. The van der Waals surface area contributed by atoms with Crippen LogP contribution in [-0.4, -0.2) is 28.2 Å². The predicted molar refractivity (Wildman–Crippen MR) is 107 cm³/mol. The molecule has 2 aliphatic heterocycles. The topological polar surface area (TPSA) is 90.4 Å². The quantitative estimate of drug-likeness (QED) is 0.561. The van der Waals surface area contributed by atoms with Crippen molar-refractivity contribution < 1.29 is 4.39 Å². The number of amidine groups is 1. The van der Waals surface area contributed by atoms with Crippen molar-refractivity contribution in [2.24, 2.45) is 10.7 Å². The third-order valence-corrected chi connectivity index (χ3v) is 5.42. The van der Waals surface area contributed by atoms with Crippen molar-refractivity contribution in [3.8, 4) is 11.3 Å². The number of aromatic nitrogens is 1. The number of hydrogen-bond acceptors (Lipinski definition) is 5. The van der Waals surface area contributed by atoms with Crippen molar-refractivity contribution in [1.29, 1.82) is 5.41 Å². The Morgan fingerprint density at radius 3 is 2.89 bits per heavy atom. The summed E-state index contributed by atoms with van der Waals surface area (Å²) in [4.78, 5) is 9.38. The van der Waals surface area contributed by atoms with Gasteiger partial charge in [-0.2, -0.15) is 0 Å². The second kappa shape index (κ2) is 6.90. The van der Waals surface area contributed by atoms with E-state index in [1.54, 1.807) is 12.1 Å². The first kappa shape index (κ1) is 17.3. The van der Waals surface area contributed by atoms with Crippen LogP contribution in [0.4, 0.5) is 4.39 Å². The highest BCUT2D eigenvalue weighted by atomic mass is 32.1. The molecule has 3 heterocycles. The summed E-state index contributed by atoms with van der Waals surface area (Å²) in [6.07, 6.45) is 8.82. The van der Waals surface area contributed by atoms with Crippen LogP contribution in [0.2, 0.25) is 0 Å². The normalized spacial score (nSPS) is 19.0. The van der Waals surface area contributed by atoms with Gasteiger partial charge in [0.15, 0.2) is 0 Å². The Morgan fingerprint density at radius 1 is 1.37 bits per heavy atom. The minimum absolute atomic E-state index is 0.0633. The minimum Gasteiger partial charge on any atom is -0.382 e. The average Bonchev–Trinajstić information content (AvgIpc) is 3.23. The second-order valence-corrected chi connectivity index (χ2v) is 7.07. The molecule has 2 aliphatic rings. The highest BCUT2D eigenvalue weighted by Gasteiger charge is 2.31. The Kier molecular flexibility index (Phi) is 4.43. The summed E-state index contributed by atoms with van der Waals surface area (Å²) in [6.45, 7) is 2.07. The SMILES string of the molecule is CC1NN2C=CC=CC2=C1c1nc(-c2ccc(F)cc2)c(C(N)=NC=N)s1. The minimum atomic E-state index is -0.315. The summed E-state index contributed by atoms with van der Waals surface area (Å²) < 4.78 is 13.3. The number of halogens is 1. The molecule has 0 radical (unpaired) electrons. The third-order valence-electron chi connectivity index (χ3n) is 4.31. The van der Waals surface area contributed by atoms with E-state index < -0.39 is 0 Å². The fourth-order valence-corrected chi connectivity index (χ4v) is 4.24. The lowest BCUT2D eigenvalue weighted by molar-refractivity contribution is 0.360. The summed E-state index contributed by atoms with van der Waals surface area (Å²) in [5.74, 6) is -0.0987. The van der Waals surface area contributed by atoms with Crippen LogP contribution in [0.25, 0.3) is 16.8 Å². The summed E-state index contributed by atoms with van der Waals surface area (Å²) in [7, 11) is 0. The molecule has 1 unspecified atom stereocenters. The van der Waals surface area contributed by atoms with E-state index in [0.717, 1.165) is 28.2 Å². The van der Waals surface area contributed by atoms with E-state index in [-0.39, 0.29) is 17.7 Å². The van der Waals surface area contributed by atoms with E-state index in [0.29, 0.717) is 10.6 Å². The van der Waals surface area contributed by atoms with Crippen molar-refractivity contribution in [3.05, 3.63) is 70.1 Å². The van der Waals surface area contributed by atoms with Gasteiger partial charge in [-0.25, -0.2) is 19.8 Å². The van der Waals surface area contributed by atoms with Crippen LogP contribution in [0.5, 0.6) is 0 Å². The summed E-state index contributed by atoms with van der Waals surface area (Å²) >= 11 is 1.42. The average molecular weight is 380 g/mol. The molecule has 0 saturated heterocycles. The molecule has 136 valence electrons. The molecule has 1 aromatic heterocycles. The van der Waals surface area contributed by atoms with E-state index in [1.807, 2.05) is 29.4 Å². The zero-order valence-corrected chi connectivity index (χ0v) is 15.3. The van der Waals surface area contributed by atoms with Crippen LogP contribution in [-0.2, 0) is 0 Å². The van der Waals surface area contributed by atoms with Gasteiger partial charge in [-0.15, -0.1) is 11.3 Å². The standard InChI is InChI=1S/C19H17FN6S/c1-11-15(14-4-2-3-9-26(14)25-11)19-24-16(12-5-7-13(20)8-6-12)17(27-19)18(22)23-10-21/h2-11,25H,1H3,(H3,21,22,23). The highest BCUT2D eigenvalue weighted by Crippen LogP contribution is 2.38. The van der Waals surface area contributed by atoms with Crippen LogP contribution in [0.3, 0.4) is 0 Å². The summed E-state index contributed by atoms with van der Waals surface area (Å²) in [6, 6.07) is 6.17. The number of benzene rings is 1. The molecule has 6 nitrogen and oxygen atoms in total. The van der Waals surface area contributed by atoms with Gasteiger partial charge in [0, 0.05) is 17.3 Å². The van der Waals surface area contributed by atoms with Gasteiger partial charge in [0.05, 0.1) is 22.3 Å². The molecule has 27 heavy (non-hydrogen) atoms. The van der Waals surface area contributed by atoms with Crippen molar-refractivity contribution >= 4 is 29.1 Å². The number of aliphatic imine (C=N–C) groups is 1. The maximum atomic E-state index is 13.3. The van der Waals surface area contributed by atoms with Crippen LogP contribution in [0.1, 0.15) is 16.8 Å². The summed E-state index contributed by atoms with van der Waals surface area (Å²) in [5.41, 5.74) is 12.9. The fraction of sp³-hybridized carbons (Fsp3) is 0.105. The van der Waals surface area contributed by atoms with Gasteiger partial charge in [-0.05, 0) is 43.3 Å². The molecule has 0 fully saturated rings. The Morgan fingerprint density at radius 2 is 2.15 bits per heavy atom. The number of hydrazine groups is 1. The van der Waals surface area contributed by atoms with E-state index in [1.165, 1.54) is 23.5 Å². The second-order valence-electron chi connectivity index (χ2n) is 6.07. The number of fused-ring (bicyclic) bond motifs is 1.